The van der Waals surface area contributed by atoms with E-state index in [4.69, 9.17) is 23.2 Å². The summed E-state index contributed by atoms with van der Waals surface area (Å²) in [5.74, 6) is 0.833. The second kappa shape index (κ2) is 5.59. The molecule has 1 atom stereocenters. The van der Waals surface area contributed by atoms with Gasteiger partial charge in [-0.05, 0) is 43.2 Å². The minimum atomic E-state index is 0.0740. The van der Waals surface area contributed by atoms with E-state index in [0.717, 1.165) is 16.9 Å². The molecule has 0 saturated carbocycles. The number of pyridine rings is 1. The second-order valence-corrected chi connectivity index (χ2v) is 5.10. The van der Waals surface area contributed by atoms with Crippen molar-refractivity contribution in [2.45, 2.75) is 19.9 Å². The molecule has 0 fully saturated rings. The van der Waals surface area contributed by atoms with Crippen LogP contribution in [0.1, 0.15) is 24.1 Å². The highest BCUT2D eigenvalue weighted by atomic mass is 35.5. The standard InChI is InChI=1S/C14H14Cl2N2/c1-9-3-6-14(17-8-9)18-10(2)12-5-4-11(15)7-13(12)16/h3-8,10H,1-2H3,(H,17,18). The van der Waals surface area contributed by atoms with E-state index in [9.17, 15) is 0 Å². The molecule has 1 aromatic heterocycles. The Labute approximate surface area is 117 Å². The molecule has 0 aliphatic carbocycles. The smallest absolute Gasteiger partial charge is 0.126 e. The maximum absolute atomic E-state index is 6.17. The lowest BCUT2D eigenvalue weighted by atomic mass is 10.1. The summed E-state index contributed by atoms with van der Waals surface area (Å²) in [5, 5.41) is 4.61. The molecule has 0 saturated heterocycles. The number of nitrogens with zero attached hydrogens (tertiary/aromatic N) is 1. The van der Waals surface area contributed by atoms with E-state index in [2.05, 4.69) is 10.3 Å². The Morgan fingerprint density at radius 1 is 1.17 bits per heavy atom. The van der Waals surface area contributed by atoms with Gasteiger partial charge in [-0.2, -0.15) is 0 Å². The van der Waals surface area contributed by atoms with Gasteiger partial charge < -0.3 is 5.32 Å². The van der Waals surface area contributed by atoms with Crippen LogP contribution in [0.2, 0.25) is 10.0 Å². The average Bonchev–Trinajstić information content (AvgIpc) is 2.32. The number of nitrogens with one attached hydrogen (secondary N) is 1. The third-order valence-electron chi connectivity index (χ3n) is 2.70. The Kier molecular flexibility index (Phi) is 4.10. The van der Waals surface area contributed by atoms with Gasteiger partial charge in [0.2, 0.25) is 0 Å². The summed E-state index contributed by atoms with van der Waals surface area (Å²) in [7, 11) is 0. The molecule has 18 heavy (non-hydrogen) atoms. The normalized spacial score (nSPS) is 12.2. The summed E-state index contributed by atoms with van der Waals surface area (Å²) in [6, 6.07) is 9.56. The molecule has 0 spiro atoms. The number of benzene rings is 1. The van der Waals surface area contributed by atoms with Crippen LogP contribution in [0.15, 0.2) is 36.5 Å². The van der Waals surface area contributed by atoms with E-state index in [0.29, 0.717) is 10.0 Å². The van der Waals surface area contributed by atoms with Crippen molar-refractivity contribution in [1.82, 2.24) is 4.98 Å². The Morgan fingerprint density at radius 2 is 1.94 bits per heavy atom. The highest BCUT2D eigenvalue weighted by molar-refractivity contribution is 6.35. The first-order chi connectivity index (χ1) is 8.56. The van der Waals surface area contributed by atoms with Gasteiger partial charge in [-0.15, -0.1) is 0 Å². The Bertz CT molecular complexity index is 538. The molecule has 0 radical (unpaired) electrons. The van der Waals surface area contributed by atoms with Gasteiger partial charge in [-0.1, -0.05) is 35.3 Å². The van der Waals surface area contributed by atoms with Gasteiger partial charge in [0, 0.05) is 16.2 Å². The molecule has 2 nitrogen and oxygen atoms in total. The largest absolute Gasteiger partial charge is 0.363 e. The summed E-state index contributed by atoms with van der Waals surface area (Å²) in [6.45, 7) is 4.05. The molecule has 0 aliphatic heterocycles. The van der Waals surface area contributed by atoms with Gasteiger partial charge >= 0.3 is 0 Å². The summed E-state index contributed by atoms with van der Waals surface area (Å²) in [5.41, 5.74) is 2.14. The van der Waals surface area contributed by atoms with Crippen LogP contribution in [0.4, 0.5) is 5.82 Å². The van der Waals surface area contributed by atoms with Crippen molar-refractivity contribution in [2.75, 3.05) is 5.32 Å². The first-order valence-electron chi connectivity index (χ1n) is 5.70. The van der Waals surface area contributed by atoms with Gasteiger partial charge in [0.05, 0.1) is 6.04 Å². The monoisotopic (exact) mass is 280 g/mol. The predicted molar refractivity (Wildman–Crippen MR) is 77.5 cm³/mol. The maximum Gasteiger partial charge on any atom is 0.126 e. The molecule has 0 aliphatic rings. The van der Waals surface area contributed by atoms with Crippen molar-refractivity contribution in [3.8, 4) is 0 Å². The van der Waals surface area contributed by atoms with Gasteiger partial charge in [-0.25, -0.2) is 4.98 Å². The van der Waals surface area contributed by atoms with Gasteiger partial charge in [-0.3, -0.25) is 0 Å². The molecule has 1 aromatic carbocycles. The van der Waals surface area contributed by atoms with E-state index in [1.54, 1.807) is 6.07 Å². The lowest BCUT2D eigenvalue weighted by molar-refractivity contribution is 0.874. The maximum atomic E-state index is 6.17. The number of aromatic nitrogens is 1. The van der Waals surface area contributed by atoms with Crippen LogP contribution in [0.25, 0.3) is 0 Å². The SMILES string of the molecule is Cc1ccc(NC(C)c2ccc(Cl)cc2Cl)nc1. The first-order valence-corrected chi connectivity index (χ1v) is 6.46. The van der Waals surface area contributed by atoms with Crippen LogP contribution in [-0.4, -0.2) is 4.98 Å². The zero-order valence-electron chi connectivity index (χ0n) is 10.2. The number of hydrogen-bond donors (Lipinski definition) is 1. The van der Waals surface area contributed by atoms with Gasteiger partial charge in [0.25, 0.3) is 0 Å². The molecule has 2 aromatic rings. The van der Waals surface area contributed by atoms with E-state index >= 15 is 0 Å². The number of rotatable bonds is 3. The average molecular weight is 281 g/mol. The van der Waals surface area contributed by atoms with E-state index < -0.39 is 0 Å². The summed E-state index contributed by atoms with van der Waals surface area (Å²) < 4.78 is 0. The molecule has 1 unspecified atom stereocenters. The Balaban J connectivity index is 2.16. The summed E-state index contributed by atoms with van der Waals surface area (Å²) in [4.78, 5) is 4.31. The minimum absolute atomic E-state index is 0.0740. The molecule has 1 N–H and O–H groups in total. The van der Waals surface area contributed by atoms with Crippen LogP contribution < -0.4 is 5.32 Å². The third-order valence-corrected chi connectivity index (χ3v) is 3.27. The number of anilines is 1. The highest BCUT2D eigenvalue weighted by Crippen LogP contribution is 2.27. The van der Waals surface area contributed by atoms with E-state index in [1.165, 1.54) is 0 Å². The topological polar surface area (TPSA) is 24.9 Å². The van der Waals surface area contributed by atoms with E-state index in [-0.39, 0.29) is 6.04 Å². The second-order valence-electron chi connectivity index (χ2n) is 4.25. The van der Waals surface area contributed by atoms with Crippen molar-refractivity contribution in [2.24, 2.45) is 0 Å². The Hall–Kier alpha value is -1.25. The fourth-order valence-electron chi connectivity index (χ4n) is 1.71. The van der Waals surface area contributed by atoms with Crippen molar-refractivity contribution in [3.63, 3.8) is 0 Å². The van der Waals surface area contributed by atoms with Gasteiger partial charge in [0.15, 0.2) is 0 Å². The first kappa shape index (κ1) is 13.2. The molecule has 4 heteroatoms. The van der Waals surface area contributed by atoms with Crippen LogP contribution in [0.5, 0.6) is 0 Å². The van der Waals surface area contributed by atoms with Crippen LogP contribution >= 0.6 is 23.2 Å². The lowest BCUT2D eigenvalue weighted by Crippen LogP contribution is -2.08. The molecule has 2 rings (SSSR count). The van der Waals surface area contributed by atoms with Crippen LogP contribution in [0.3, 0.4) is 0 Å². The van der Waals surface area contributed by atoms with Crippen LogP contribution in [0, 0.1) is 6.92 Å². The molecule has 0 amide bonds. The van der Waals surface area contributed by atoms with Crippen molar-refractivity contribution < 1.29 is 0 Å². The summed E-state index contributed by atoms with van der Waals surface area (Å²) in [6.07, 6.45) is 1.83. The van der Waals surface area contributed by atoms with Crippen molar-refractivity contribution >= 4 is 29.0 Å². The van der Waals surface area contributed by atoms with E-state index in [1.807, 2.05) is 44.3 Å². The van der Waals surface area contributed by atoms with Crippen molar-refractivity contribution in [1.29, 1.82) is 0 Å². The summed E-state index contributed by atoms with van der Waals surface area (Å²) >= 11 is 12.1. The zero-order valence-corrected chi connectivity index (χ0v) is 11.8. The van der Waals surface area contributed by atoms with Crippen molar-refractivity contribution in [3.05, 3.63) is 57.7 Å². The number of hydrogen-bond acceptors (Lipinski definition) is 2. The molecular formula is C14H14Cl2N2. The fourth-order valence-corrected chi connectivity index (χ4v) is 2.28. The number of halogens is 2. The molecule has 94 valence electrons. The Morgan fingerprint density at radius 3 is 2.56 bits per heavy atom. The molecular weight excluding hydrogens is 267 g/mol. The third kappa shape index (κ3) is 3.15. The van der Waals surface area contributed by atoms with Crippen LogP contribution in [-0.2, 0) is 0 Å². The lowest BCUT2D eigenvalue weighted by Gasteiger charge is -2.16. The highest BCUT2D eigenvalue weighted by Gasteiger charge is 2.10. The number of aryl methyl sites for hydroxylation is 1. The molecule has 1 heterocycles. The predicted octanol–water partition coefficient (Wildman–Crippen LogP) is 4.87. The zero-order chi connectivity index (χ0) is 13.1. The fraction of sp³-hybridized carbons (Fsp3) is 0.214. The van der Waals surface area contributed by atoms with Gasteiger partial charge in [0.1, 0.15) is 5.82 Å². The molecule has 0 bridgehead atoms. The minimum Gasteiger partial charge on any atom is -0.363 e. The quantitative estimate of drug-likeness (QED) is 0.868.